The molecule has 0 radical (unpaired) electrons. The van der Waals surface area contributed by atoms with Gasteiger partial charge in [0.1, 0.15) is 14.2 Å². The smallest absolute Gasteiger partial charge is 0.106 e. The van der Waals surface area contributed by atoms with Crippen LogP contribution in [0.3, 0.4) is 0 Å². The Bertz CT molecular complexity index is 78.0. The van der Waals surface area contributed by atoms with E-state index < -0.39 is 0 Å². The van der Waals surface area contributed by atoms with Gasteiger partial charge in [-0.1, -0.05) is 10.3 Å². The van der Waals surface area contributed by atoms with Gasteiger partial charge in [0.2, 0.25) is 0 Å². The van der Waals surface area contributed by atoms with Gasteiger partial charge < -0.3 is 9.68 Å². The predicted molar refractivity (Wildman–Crippen MR) is 31.0 cm³/mol. The van der Waals surface area contributed by atoms with Gasteiger partial charge in [-0.25, -0.2) is 0 Å². The maximum Gasteiger partial charge on any atom is 0.106 e. The fraction of sp³-hybridized carbons (Fsp3) is 0.500. The van der Waals surface area contributed by atoms with Crippen LogP contribution in [-0.2, 0) is 9.68 Å². The first-order chi connectivity index (χ1) is 3.91. The van der Waals surface area contributed by atoms with Crippen LogP contribution in [0.4, 0.5) is 0 Å². The molecule has 0 saturated carbocycles. The van der Waals surface area contributed by atoms with Crippen LogP contribution < -0.4 is 0 Å². The first-order valence-electron chi connectivity index (χ1n) is 2.03. The van der Waals surface area contributed by atoms with Crippen molar-refractivity contribution in [3.8, 4) is 0 Å². The summed E-state index contributed by atoms with van der Waals surface area (Å²) in [5.41, 5.74) is 0. The maximum atomic E-state index is 4.31. The third kappa shape index (κ3) is 4.94. The molecule has 0 heterocycles. The van der Waals surface area contributed by atoms with E-state index in [1.165, 1.54) is 26.6 Å². The fourth-order valence-electron chi connectivity index (χ4n) is 0.176. The Morgan fingerprint density at radius 1 is 1.00 bits per heavy atom. The van der Waals surface area contributed by atoms with Gasteiger partial charge in [0.15, 0.2) is 0 Å². The molecule has 0 aromatic rings. The molecule has 4 heteroatoms. The summed E-state index contributed by atoms with van der Waals surface area (Å²) in [5.74, 6) is 0. The first kappa shape index (κ1) is 6.94. The highest BCUT2D eigenvalue weighted by atomic mass is 16.6. The van der Waals surface area contributed by atoms with Crippen molar-refractivity contribution in [2.24, 2.45) is 10.3 Å². The molecule has 8 heavy (non-hydrogen) atoms. The molecule has 0 unspecified atom stereocenters. The molecule has 4 nitrogen and oxygen atoms in total. The van der Waals surface area contributed by atoms with Gasteiger partial charge in [0.05, 0.1) is 12.4 Å². The average Bonchev–Trinajstić information content (AvgIpc) is 1.81. The topological polar surface area (TPSA) is 43.2 Å². The largest absolute Gasteiger partial charge is 0.399 e. The summed E-state index contributed by atoms with van der Waals surface area (Å²) in [6, 6.07) is 0. The Hall–Kier alpha value is -1.06. The van der Waals surface area contributed by atoms with Gasteiger partial charge in [-0.15, -0.1) is 0 Å². The van der Waals surface area contributed by atoms with E-state index in [0.29, 0.717) is 0 Å². The van der Waals surface area contributed by atoms with Crippen LogP contribution in [0.1, 0.15) is 0 Å². The lowest BCUT2D eigenvalue weighted by Crippen LogP contribution is -1.77. The minimum atomic E-state index is 1.38. The second-order valence-corrected chi connectivity index (χ2v) is 0.874. The van der Waals surface area contributed by atoms with E-state index in [1.807, 2.05) is 0 Å². The summed E-state index contributed by atoms with van der Waals surface area (Å²) in [4.78, 5) is 8.62. The SMILES string of the molecule is CO/N=C/C=N/OC. The lowest BCUT2D eigenvalue weighted by molar-refractivity contribution is 0.212. The number of hydrogen-bond acceptors (Lipinski definition) is 4. The van der Waals surface area contributed by atoms with Gasteiger partial charge in [-0.05, 0) is 0 Å². The summed E-state index contributed by atoms with van der Waals surface area (Å²) in [6.07, 6.45) is 2.76. The van der Waals surface area contributed by atoms with Gasteiger partial charge in [-0.3, -0.25) is 0 Å². The van der Waals surface area contributed by atoms with Crippen molar-refractivity contribution in [2.75, 3.05) is 14.2 Å². The van der Waals surface area contributed by atoms with E-state index in [1.54, 1.807) is 0 Å². The molecular formula is C4H8N2O2. The molecule has 0 rings (SSSR count). The van der Waals surface area contributed by atoms with Crippen molar-refractivity contribution in [2.45, 2.75) is 0 Å². The Morgan fingerprint density at radius 3 is 1.62 bits per heavy atom. The molecule has 0 aromatic carbocycles. The summed E-state index contributed by atoms with van der Waals surface area (Å²) >= 11 is 0. The average molecular weight is 116 g/mol. The van der Waals surface area contributed by atoms with Gasteiger partial charge in [-0.2, -0.15) is 0 Å². The molecule has 0 fully saturated rings. The molecule has 0 spiro atoms. The lowest BCUT2D eigenvalue weighted by atomic mass is 10.8. The fourth-order valence-corrected chi connectivity index (χ4v) is 0.176. The molecule has 0 amide bonds. The first-order valence-corrected chi connectivity index (χ1v) is 2.03. The normalized spacial score (nSPS) is 10.8. The van der Waals surface area contributed by atoms with E-state index in [4.69, 9.17) is 0 Å². The Balaban J connectivity index is 3.13. The van der Waals surface area contributed by atoms with Crippen LogP contribution in [-0.4, -0.2) is 26.6 Å². The summed E-state index contributed by atoms with van der Waals surface area (Å²) in [6.45, 7) is 0. The number of oxime groups is 2. The summed E-state index contributed by atoms with van der Waals surface area (Å²) in [5, 5.41) is 6.71. The van der Waals surface area contributed by atoms with E-state index in [0.717, 1.165) is 0 Å². The van der Waals surface area contributed by atoms with Crippen LogP contribution in [0.15, 0.2) is 10.3 Å². The Morgan fingerprint density at radius 2 is 1.38 bits per heavy atom. The summed E-state index contributed by atoms with van der Waals surface area (Å²) < 4.78 is 0. The van der Waals surface area contributed by atoms with Gasteiger partial charge >= 0.3 is 0 Å². The third-order valence-electron chi connectivity index (χ3n) is 0.399. The van der Waals surface area contributed by atoms with Crippen molar-refractivity contribution in [3.63, 3.8) is 0 Å². The predicted octanol–water partition coefficient (Wildman–Crippen LogP) is 0.251. The van der Waals surface area contributed by atoms with Crippen LogP contribution in [0.2, 0.25) is 0 Å². The van der Waals surface area contributed by atoms with E-state index in [2.05, 4.69) is 20.0 Å². The van der Waals surface area contributed by atoms with Gasteiger partial charge in [0.25, 0.3) is 0 Å². The molecule has 0 aliphatic carbocycles. The highest BCUT2D eigenvalue weighted by Gasteiger charge is 1.61. The maximum absolute atomic E-state index is 4.31. The lowest BCUT2D eigenvalue weighted by Gasteiger charge is -1.80. The van der Waals surface area contributed by atoms with Crippen molar-refractivity contribution >= 4 is 12.4 Å². The van der Waals surface area contributed by atoms with Gasteiger partial charge in [0, 0.05) is 0 Å². The zero-order valence-electron chi connectivity index (χ0n) is 4.87. The van der Waals surface area contributed by atoms with E-state index >= 15 is 0 Å². The standard InChI is InChI=1S/C4H8N2O2/c1-7-5-3-4-6-8-2/h3-4H,1-2H3/b5-3+,6-4+. The quantitative estimate of drug-likeness (QED) is 0.392. The Kier molecular flexibility index (Phi) is 5.15. The van der Waals surface area contributed by atoms with Crippen LogP contribution >= 0.6 is 0 Å². The molecule has 0 aliphatic heterocycles. The number of rotatable bonds is 3. The Labute approximate surface area is 47.8 Å². The zero-order chi connectivity index (χ0) is 6.24. The molecule has 0 aromatic heterocycles. The minimum absolute atomic E-state index is 1.38. The highest BCUT2D eigenvalue weighted by Crippen LogP contribution is 1.62. The van der Waals surface area contributed by atoms with Crippen LogP contribution in [0.5, 0.6) is 0 Å². The van der Waals surface area contributed by atoms with Crippen molar-refractivity contribution < 1.29 is 9.68 Å². The number of hydrogen-bond donors (Lipinski definition) is 0. The van der Waals surface area contributed by atoms with Crippen LogP contribution in [0.25, 0.3) is 0 Å². The van der Waals surface area contributed by atoms with Crippen molar-refractivity contribution in [1.82, 2.24) is 0 Å². The molecule has 0 saturated heterocycles. The third-order valence-corrected chi connectivity index (χ3v) is 0.399. The highest BCUT2D eigenvalue weighted by molar-refractivity contribution is 6.15. The van der Waals surface area contributed by atoms with Crippen molar-refractivity contribution in [3.05, 3.63) is 0 Å². The monoisotopic (exact) mass is 116 g/mol. The molecule has 0 atom stereocenters. The zero-order valence-corrected chi connectivity index (χ0v) is 4.87. The molecule has 0 bridgehead atoms. The minimum Gasteiger partial charge on any atom is -0.399 e. The van der Waals surface area contributed by atoms with Crippen molar-refractivity contribution in [1.29, 1.82) is 0 Å². The number of nitrogens with zero attached hydrogens (tertiary/aromatic N) is 2. The molecule has 46 valence electrons. The van der Waals surface area contributed by atoms with E-state index in [9.17, 15) is 0 Å². The van der Waals surface area contributed by atoms with Crippen LogP contribution in [0, 0.1) is 0 Å². The van der Waals surface area contributed by atoms with E-state index in [-0.39, 0.29) is 0 Å². The summed E-state index contributed by atoms with van der Waals surface area (Å²) in [7, 11) is 2.91. The second-order valence-electron chi connectivity index (χ2n) is 0.874. The molecule has 0 N–H and O–H groups in total. The second kappa shape index (κ2) is 5.94. The molecule has 0 aliphatic rings. The molecular weight excluding hydrogens is 108 g/mol.